The molecular weight excluding hydrogens is 256 g/mol. The number of nitro groups is 1. The predicted molar refractivity (Wildman–Crippen MR) is 70.6 cm³/mol. The molecule has 0 aromatic carbocycles. The van der Waals surface area contributed by atoms with Crippen molar-refractivity contribution in [1.82, 2.24) is 9.88 Å². The molecule has 0 amide bonds. The van der Waals surface area contributed by atoms with Crippen LogP contribution in [-0.2, 0) is 6.54 Å². The number of aliphatic imine (C=N–C) groups is 1. The first-order valence-corrected chi connectivity index (χ1v) is 5.87. The fourth-order valence-corrected chi connectivity index (χ4v) is 1.38. The molecule has 1 aromatic heterocycles. The van der Waals surface area contributed by atoms with E-state index in [4.69, 9.17) is 11.6 Å². The summed E-state index contributed by atoms with van der Waals surface area (Å²) < 4.78 is 0. The quantitative estimate of drug-likeness (QED) is 0.269. The van der Waals surface area contributed by atoms with Crippen molar-refractivity contribution in [3.8, 4) is 0 Å². The van der Waals surface area contributed by atoms with E-state index in [1.165, 1.54) is 0 Å². The van der Waals surface area contributed by atoms with E-state index in [0.29, 0.717) is 24.1 Å². The fourth-order valence-electron chi connectivity index (χ4n) is 1.27. The Bertz CT molecular complexity index is 433. The minimum Gasteiger partial charge on any atom is -0.358 e. The highest BCUT2D eigenvalue weighted by atomic mass is 35.5. The molecule has 0 saturated carbocycles. The lowest BCUT2D eigenvalue weighted by atomic mass is 10.3. The average molecular weight is 271 g/mol. The molecule has 0 N–H and O–H groups in total. The summed E-state index contributed by atoms with van der Waals surface area (Å²) in [5, 5.41) is 11.0. The molecule has 0 atom stereocenters. The molecule has 6 nitrogen and oxygen atoms in total. The maximum absolute atomic E-state index is 10.6. The van der Waals surface area contributed by atoms with Crippen LogP contribution in [0.4, 0.5) is 0 Å². The second kappa shape index (κ2) is 6.90. The third kappa shape index (κ3) is 4.67. The summed E-state index contributed by atoms with van der Waals surface area (Å²) in [5.41, 5.74) is 0.866. The van der Waals surface area contributed by atoms with Gasteiger partial charge in [-0.2, -0.15) is 0 Å². The average Bonchev–Trinajstić information content (AvgIpc) is 2.35. The van der Waals surface area contributed by atoms with Crippen molar-refractivity contribution in [2.75, 3.05) is 20.1 Å². The standard InChI is InChI=1S/C11H15ClN4O2/c1-3-15(2)11(8-16(17)18)14-7-9-4-5-10(12)13-6-9/h4-6H,3,7-8H2,1-2H3. The van der Waals surface area contributed by atoms with Crippen molar-refractivity contribution in [2.24, 2.45) is 4.99 Å². The molecule has 0 aliphatic rings. The molecule has 98 valence electrons. The first-order valence-electron chi connectivity index (χ1n) is 5.49. The maximum Gasteiger partial charge on any atom is 0.260 e. The zero-order valence-corrected chi connectivity index (χ0v) is 11.1. The Morgan fingerprint density at radius 3 is 2.83 bits per heavy atom. The summed E-state index contributed by atoms with van der Waals surface area (Å²) >= 11 is 5.67. The molecule has 0 bridgehead atoms. The van der Waals surface area contributed by atoms with Crippen LogP contribution in [0.3, 0.4) is 0 Å². The second-order valence-electron chi connectivity index (χ2n) is 3.73. The van der Waals surface area contributed by atoms with Crippen LogP contribution in [-0.4, -0.2) is 40.8 Å². The van der Waals surface area contributed by atoms with Crippen LogP contribution in [0.25, 0.3) is 0 Å². The van der Waals surface area contributed by atoms with Crippen molar-refractivity contribution in [3.63, 3.8) is 0 Å². The summed E-state index contributed by atoms with van der Waals surface area (Å²) in [5.74, 6) is 0.456. The monoisotopic (exact) mass is 270 g/mol. The summed E-state index contributed by atoms with van der Waals surface area (Å²) in [6.07, 6.45) is 1.61. The van der Waals surface area contributed by atoms with Crippen molar-refractivity contribution >= 4 is 17.4 Å². The van der Waals surface area contributed by atoms with Crippen LogP contribution in [0.1, 0.15) is 12.5 Å². The van der Waals surface area contributed by atoms with Crippen molar-refractivity contribution in [2.45, 2.75) is 13.5 Å². The van der Waals surface area contributed by atoms with E-state index in [-0.39, 0.29) is 11.5 Å². The maximum atomic E-state index is 10.6. The molecule has 0 unspecified atom stereocenters. The molecule has 0 aliphatic heterocycles. The van der Waals surface area contributed by atoms with E-state index < -0.39 is 0 Å². The number of halogens is 1. The van der Waals surface area contributed by atoms with E-state index in [1.54, 1.807) is 30.3 Å². The molecule has 0 aliphatic carbocycles. The van der Waals surface area contributed by atoms with E-state index in [9.17, 15) is 10.1 Å². The van der Waals surface area contributed by atoms with Gasteiger partial charge in [-0.3, -0.25) is 15.1 Å². The Labute approximate surface area is 110 Å². The Balaban J connectivity index is 2.75. The third-order valence-corrected chi connectivity index (χ3v) is 2.64. The van der Waals surface area contributed by atoms with Crippen LogP contribution >= 0.6 is 11.6 Å². The Morgan fingerprint density at radius 1 is 1.61 bits per heavy atom. The van der Waals surface area contributed by atoms with E-state index >= 15 is 0 Å². The van der Waals surface area contributed by atoms with Crippen molar-refractivity contribution < 1.29 is 4.92 Å². The molecule has 18 heavy (non-hydrogen) atoms. The molecule has 1 aromatic rings. The second-order valence-corrected chi connectivity index (χ2v) is 4.11. The largest absolute Gasteiger partial charge is 0.358 e. The minimum absolute atomic E-state index is 0.272. The Morgan fingerprint density at radius 2 is 2.33 bits per heavy atom. The normalized spacial score (nSPS) is 11.4. The molecule has 0 radical (unpaired) electrons. The highest BCUT2D eigenvalue weighted by Gasteiger charge is 2.11. The molecular formula is C11H15ClN4O2. The number of amidine groups is 1. The van der Waals surface area contributed by atoms with Crippen LogP contribution in [0.15, 0.2) is 23.3 Å². The zero-order valence-electron chi connectivity index (χ0n) is 10.3. The molecule has 0 fully saturated rings. The van der Waals surface area contributed by atoms with Gasteiger partial charge in [0.05, 0.1) is 6.54 Å². The number of rotatable bonds is 5. The predicted octanol–water partition coefficient (Wildman–Crippen LogP) is 1.86. The topological polar surface area (TPSA) is 71.6 Å². The van der Waals surface area contributed by atoms with Crippen molar-refractivity contribution in [3.05, 3.63) is 39.2 Å². The number of likely N-dealkylation sites (N-methyl/N-ethyl adjacent to an activating group) is 1. The smallest absolute Gasteiger partial charge is 0.260 e. The van der Waals surface area contributed by atoms with Gasteiger partial charge in [-0.1, -0.05) is 17.7 Å². The lowest BCUT2D eigenvalue weighted by molar-refractivity contribution is -0.464. The Hall–Kier alpha value is -1.69. The first-order chi connectivity index (χ1) is 8.52. The number of nitrogens with zero attached hydrogens (tertiary/aromatic N) is 4. The van der Waals surface area contributed by atoms with E-state index in [1.807, 2.05) is 6.92 Å². The van der Waals surface area contributed by atoms with Crippen LogP contribution in [0, 0.1) is 10.1 Å². The Kier molecular flexibility index (Phi) is 5.51. The van der Waals surface area contributed by atoms with Gasteiger partial charge in [0, 0.05) is 24.7 Å². The van der Waals surface area contributed by atoms with Crippen LogP contribution in [0.5, 0.6) is 0 Å². The van der Waals surface area contributed by atoms with Gasteiger partial charge in [0.1, 0.15) is 5.15 Å². The van der Waals surface area contributed by atoms with Gasteiger partial charge in [0.15, 0.2) is 5.84 Å². The molecule has 1 heterocycles. The van der Waals surface area contributed by atoms with E-state index in [0.717, 1.165) is 5.56 Å². The lowest BCUT2D eigenvalue weighted by Gasteiger charge is -2.16. The molecule has 0 spiro atoms. The molecule has 0 saturated heterocycles. The van der Waals surface area contributed by atoms with Gasteiger partial charge in [-0.05, 0) is 18.6 Å². The fraction of sp³-hybridized carbons (Fsp3) is 0.455. The number of aromatic nitrogens is 1. The molecule has 7 heteroatoms. The first kappa shape index (κ1) is 14.4. The van der Waals surface area contributed by atoms with Crippen LogP contribution in [0.2, 0.25) is 5.15 Å². The zero-order chi connectivity index (χ0) is 13.5. The van der Waals surface area contributed by atoms with Gasteiger partial charge in [0.2, 0.25) is 0 Å². The summed E-state index contributed by atoms with van der Waals surface area (Å²) in [7, 11) is 1.78. The summed E-state index contributed by atoms with van der Waals surface area (Å²) in [6, 6.07) is 3.47. The summed E-state index contributed by atoms with van der Waals surface area (Å²) in [6.45, 7) is 2.67. The van der Waals surface area contributed by atoms with E-state index in [2.05, 4.69) is 9.98 Å². The van der Waals surface area contributed by atoms with Crippen molar-refractivity contribution in [1.29, 1.82) is 0 Å². The third-order valence-electron chi connectivity index (χ3n) is 2.42. The number of pyridine rings is 1. The number of hydrogen-bond acceptors (Lipinski definition) is 4. The van der Waals surface area contributed by atoms with Gasteiger partial charge < -0.3 is 4.90 Å². The SMILES string of the molecule is CCN(C)C(C[N+](=O)[O-])=NCc1ccc(Cl)nc1. The van der Waals surface area contributed by atoms with Gasteiger partial charge in [-0.15, -0.1) is 0 Å². The van der Waals surface area contributed by atoms with Gasteiger partial charge >= 0.3 is 0 Å². The van der Waals surface area contributed by atoms with Gasteiger partial charge in [0.25, 0.3) is 6.54 Å². The minimum atomic E-state index is -0.384. The highest BCUT2D eigenvalue weighted by Crippen LogP contribution is 2.06. The van der Waals surface area contributed by atoms with Gasteiger partial charge in [-0.25, -0.2) is 4.98 Å². The number of hydrogen-bond donors (Lipinski definition) is 0. The lowest BCUT2D eigenvalue weighted by Crippen LogP contribution is -2.32. The van der Waals surface area contributed by atoms with Crippen LogP contribution < -0.4 is 0 Å². The summed E-state index contributed by atoms with van der Waals surface area (Å²) in [4.78, 5) is 20.1. The molecule has 1 rings (SSSR count). The highest BCUT2D eigenvalue weighted by molar-refractivity contribution is 6.29.